The van der Waals surface area contributed by atoms with Crippen LogP contribution in [0.4, 0.5) is 4.39 Å². The van der Waals surface area contributed by atoms with E-state index in [0.717, 1.165) is 4.90 Å². The molecule has 1 atom stereocenters. The van der Waals surface area contributed by atoms with Crippen LogP contribution in [-0.2, 0) is 14.6 Å². The molecule has 0 aromatic heterocycles. The van der Waals surface area contributed by atoms with Crippen molar-refractivity contribution in [1.82, 2.24) is 5.32 Å². The predicted octanol–water partition coefficient (Wildman–Crippen LogP) is 2.00. The van der Waals surface area contributed by atoms with E-state index in [1.807, 2.05) is 0 Å². The van der Waals surface area contributed by atoms with E-state index in [1.54, 1.807) is 19.1 Å². The number of halogens is 1. The lowest BCUT2D eigenvalue weighted by atomic mass is 10.0. The SMILES string of the molecule is CC1(NC(=O)CCSc2ccc(F)cc2)CCS(=O)(=O)C1. The molecule has 0 radical (unpaired) electrons. The topological polar surface area (TPSA) is 63.2 Å². The van der Waals surface area contributed by atoms with Crippen LogP contribution in [0.2, 0.25) is 0 Å². The van der Waals surface area contributed by atoms with Gasteiger partial charge in [0.25, 0.3) is 0 Å². The molecular formula is C14H18FNO3S2. The zero-order chi connectivity index (χ0) is 15.5. The summed E-state index contributed by atoms with van der Waals surface area (Å²) in [5.74, 6) is 0.280. The third kappa shape index (κ3) is 5.00. The molecule has 0 bridgehead atoms. The van der Waals surface area contributed by atoms with Crippen LogP contribution in [0.25, 0.3) is 0 Å². The molecule has 1 aromatic rings. The second kappa shape index (κ2) is 6.36. The fourth-order valence-electron chi connectivity index (χ4n) is 2.30. The minimum Gasteiger partial charge on any atom is -0.350 e. The highest BCUT2D eigenvalue weighted by atomic mass is 32.2. The summed E-state index contributed by atoms with van der Waals surface area (Å²) in [5, 5.41) is 2.81. The minimum absolute atomic E-state index is 0.0108. The summed E-state index contributed by atoms with van der Waals surface area (Å²) in [5.41, 5.74) is -0.642. The second-order valence-electron chi connectivity index (χ2n) is 5.50. The third-order valence-corrected chi connectivity index (χ3v) is 6.27. The van der Waals surface area contributed by atoms with E-state index < -0.39 is 15.4 Å². The standard InChI is InChI=1S/C14H18FNO3S2/c1-14(7-9-21(18,19)10-14)16-13(17)6-8-20-12-4-2-11(15)3-5-12/h2-5H,6-10H2,1H3,(H,16,17). The van der Waals surface area contributed by atoms with Gasteiger partial charge in [0.15, 0.2) is 9.84 Å². The van der Waals surface area contributed by atoms with Crippen LogP contribution in [0.15, 0.2) is 29.2 Å². The Kier molecular flexibility index (Phi) is 4.93. The highest BCUT2D eigenvalue weighted by Crippen LogP contribution is 2.23. The van der Waals surface area contributed by atoms with Gasteiger partial charge in [-0.05, 0) is 37.6 Å². The van der Waals surface area contributed by atoms with E-state index in [2.05, 4.69) is 5.32 Å². The van der Waals surface area contributed by atoms with Gasteiger partial charge in [0.1, 0.15) is 5.82 Å². The quantitative estimate of drug-likeness (QED) is 0.838. The highest BCUT2D eigenvalue weighted by molar-refractivity contribution is 7.99. The van der Waals surface area contributed by atoms with E-state index in [4.69, 9.17) is 0 Å². The third-order valence-electron chi connectivity index (χ3n) is 3.36. The number of rotatable bonds is 5. The molecule has 1 N–H and O–H groups in total. The number of hydrogen-bond donors (Lipinski definition) is 1. The maximum Gasteiger partial charge on any atom is 0.221 e. The van der Waals surface area contributed by atoms with Crippen molar-refractivity contribution < 1.29 is 17.6 Å². The van der Waals surface area contributed by atoms with E-state index in [1.165, 1.54) is 23.9 Å². The number of thioether (sulfide) groups is 1. The van der Waals surface area contributed by atoms with Gasteiger partial charge in [-0.2, -0.15) is 0 Å². The van der Waals surface area contributed by atoms with Crippen LogP contribution in [0.5, 0.6) is 0 Å². The summed E-state index contributed by atoms with van der Waals surface area (Å²) < 4.78 is 35.7. The predicted molar refractivity (Wildman–Crippen MR) is 81.6 cm³/mol. The van der Waals surface area contributed by atoms with Gasteiger partial charge in [-0.25, -0.2) is 12.8 Å². The summed E-state index contributed by atoms with van der Waals surface area (Å²) >= 11 is 1.47. The van der Waals surface area contributed by atoms with Crippen molar-refractivity contribution in [3.05, 3.63) is 30.1 Å². The Bertz CT molecular complexity index is 616. The first kappa shape index (κ1) is 16.3. The highest BCUT2D eigenvalue weighted by Gasteiger charge is 2.39. The van der Waals surface area contributed by atoms with E-state index in [9.17, 15) is 17.6 Å². The Balaban J connectivity index is 1.76. The second-order valence-corrected chi connectivity index (χ2v) is 8.86. The van der Waals surface area contributed by atoms with Crippen molar-refractivity contribution in [3.8, 4) is 0 Å². The van der Waals surface area contributed by atoms with E-state index in [-0.39, 0.29) is 23.2 Å². The molecule has 1 heterocycles. The van der Waals surface area contributed by atoms with Crippen molar-refractivity contribution in [3.63, 3.8) is 0 Å². The first-order valence-corrected chi connectivity index (χ1v) is 9.49. The molecule has 1 saturated heterocycles. The van der Waals surface area contributed by atoms with Gasteiger partial charge >= 0.3 is 0 Å². The lowest BCUT2D eigenvalue weighted by Crippen LogP contribution is -2.47. The van der Waals surface area contributed by atoms with Gasteiger partial charge in [0.05, 0.1) is 17.0 Å². The van der Waals surface area contributed by atoms with E-state index in [0.29, 0.717) is 18.6 Å². The minimum atomic E-state index is -3.02. The number of hydrogen-bond acceptors (Lipinski definition) is 4. The molecule has 7 heteroatoms. The number of carbonyl (C=O) groups is 1. The normalized spacial score (nSPS) is 23.9. The van der Waals surface area contributed by atoms with Crippen molar-refractivity contribution in [1.29, 1.82) is 0 Å². The van der Waals surface area contributed by atoms with Gasteiger partial charge in [-0.1, -0.05) is 0 Å². The molecule has 2 rings (SSSR count). The zero-order valence-corrected chi connectivity index (χ0v) is 13.4. The largest absolute Gasteiger partial charge is 0.350 e. The summed E-state index contributed by atoms with van der Waals surface area (Å²) in [4.78, 5) is 12.8. The number of amides is 1. The lowest BCUT2D eigenvalue weighted by molar-refractivity contribution is -0.122. The Morgan fingerprint density at radius 1 is 1.38 bits per heavy atom. The molecule has 4 nitrogen and oxygen atoms in total. The maximum absolute atomic E-state index is 12.7. The Labute approximate surface area is 128 Å². The molecule has 1 amide bonds. The summed E-state index contributed by atoms with van der Waals surface area (Å²) in [6.07, 6.45) is 0.768. The monoisotopic (exact) mass is 331 g/mol. The fourth-order valence-corrected chi connectivity index (χ4v) is 5.25. The van der Waals surface area contributed by atoms with Gasteiger partial charge in [-0.15, -0.1) is 11.8 Å². The van der Waals surface area contributed by atoms with Gasteiger partial charge in [-0.3, -0.25) is 4.79 Å². The van der Waals surface area contributed by atoms with Crippen LogP contribution in [0, 0.1) is 5.82 Å². The number of carbonyl (C=O) groups excluding carboxylic acids is 1. The molecular weight excluding hydrogens is 313 g/mol. The molecule has 1 fully saturated rings. The smallest absolute Gasteiger partial charge is 0.221 e. The Morgan fingerprint density at radius 3 is 2.62 bits per heavy atom. The molecule has 0 aliphatic carbocycles. The van der Waals surface area contributed by atoms with Crippen molar-refractivity contribution in [2.45, 2.75) is 30.2 Å². The molecule has 1 aliphatic rings. The van der Waals surface area contributed by atoms with Gasteiger partial charge < -0.3 is 5.32 Å². The summed E-state index contributed by atoms with van der Waals surface area (Å²) in [6.45, 7) is 1.77. The van der Waals surface area contributed by atoms with Crippen LogP contribution in [-0.4, -0.2) is 37.1 Å². The van der Waals surface area contributed by atoms with Crippen LogP contribution < -0.4 is 5.32 Å². The van der Waals surface area contributed by atoms with Crippen molar-refractivity contribution >= 4 is 27.5 Å². The average Bonchev–Trinajstić information content (AvgIpc) is 2.65. The average molecular weight is 331 g/mol. The van der Waals surface area contributed by atoms with Gasteiger partial charge in [0.2, 0.25) is 5.91 Å². The number of nitrogens with one attached hydrogen (secondary N) is 1. The molecule has 1 unspecified atom stereocenters. The molecule has 0 spiro atoms. The zero-order valence-electron chi connectivity index (χ0n) is 11.8. The fraction of sp³-hybridized carbons (Fsp3) is 0.500. The maximum atomic E-state index is 12.7. The van der Waals surface area contributed by atoms with Crippen molar-refractivity contribution in [2.24, 2.45) is 0 Å². The number of benzene rings is 1. The lowest BCUT2D eigenvalue weighted by Gasteiger charge is -2.23. The first-order valence-electron chi connectivity index (χ1n) is 6.68. The molecule has 0 saturated carbocycles. The first-order chi connectivity index (χ1) is 9.78. The van der Waals surface area contributed by atoms with Crippen LogP contribution in [0.3, 0.4) is 0 Å². The Morgan fingerprint density at radius 2 is 2.05 bits per heavy atom. The summed E-state index contributed by atoms with van der Waals surface area (Å²) in [7, 11) is -3.02. The summed E-state index contributed by atoms with van der Waals surface area (Å²) in [6, 6.07) is 6.10. The van der Waals surface area contributed by atoms with Crippen molar-refractivity contribution in [2.75, 3.05) is 17.3 Å². The molecule has 1 aliphatic heterocycles. The van der Waals surface area contributed by atoms with Crippen LogP contribution in [0.1, 0.15) is 19.8 Å². The number of sulfone groups is 1. The van der Waals surface area contributed by atoms with Crippen LogP contribution >= 0.6 is 11.8 Å². The van der Waals surface area contributed by atoms with Gasteiger partial charge in [0, 0.05) is 17.1 Å². The van der Waals surface area contributed by atoms with E-state index >= 15 is 0 Å². The molecule has 1 aromatic carbocycles. The Hall–Kier alpha value is -1.08. The molecule has 21 heavy (non-hydrogen) atoms. The molecule has 116 valence electrons.